The zero-order valence-corrected chi connectivity index (χ0v) is 68.9. The van der Waals surface area contributed by atoms with Gasteiger partial charge >= 0.3 is 0 Å². The largest absolute Gasteiger partial charge is 0.396 e. The van der Waals surface area contributed by atoms with E-state index in [1.165, 1.54) is 56.6 Å². The molecule has 4 N–H and O–H groups in total. The minimum atomic E-state index is 0.0150. The molecular weight excluding hydrogens is 1550 g/mol. The lowest BCUT2D eigenvalue weighted by Gasteiger charge is -2.32. The fourth-order valence-electron chi connectivity index (χ4n) is 16.2. The molecule has 0 bridgehead atoms. The van der Waals surface area contributed by atoms with Crippen molar-refractivity contribution in [2.75, 3.05) is 98.8 Å². The van der Waals surface area contributed by atoms with Gasteiger partial charge in [0, 0.05) is 240 Å². The zero-order chi connectivity index (χ0) is 79.9. The van der Waals surface area contributed by atoms with Gasteiger partial charge in [-0.3, -0.25) is 44.5 Å². The molecule has 14 heterocycles. The molecule has 4 aliphatic heterocycles. The Kier molecular flexibility index (Phi) is 27.7. The summed E-state index contributed by atoms with van der Waals surface area (Å²) in [5, 5.41) is 41.0. The third-order valence-corrected chi connectivity index (χ3v) is 24.0. The number of piperazine rings is 2. The van der Waals surface area contributed by atoms with Crippen molar-refractivity contribution in [2.45, 2.75) is 64.9 Å². The first-order valence-corrected chi connectivity index (χ1v) is 41.8. The minimum absolute atomic E-state index is 0.0150. The zero-order valence-electron chi connectivity index (χ0n) is 65.2. The highest BCUT2D eigenvalue weighted by Gasteiger charge is 2.25. The minimum Gasteiger partial charge on any atom is -0.396 e. The third kappa shape index (κ3) is 20.1. The maximum atomic E-state index is 9.39. The summed E-state index contributed by atoms with van der Waals surface area (Å²) >= 11 is 30.0. The molecule has 4 saturated heterocycles. The molecule has 116 heavy (non-hydrogen) atoms. The number of rotatable bonds is 17. The number of hydrogen-bond acceptors (Lipinski definition) is 14. The van der Waals surface area contributed by atoms with Crippen LogP contribution in [0.15, 0.2) is 245 Å². The number of aromatic nitrogens is 10. The predicted molar refractivity (Wildman–Crippen MR) is 472 cm³/mol. The Morgan fingerprint density at radius 1 is 0.319 bits per heavy atom. The number of likely N-dealkylation sites (N-methyl/N-ethyl adjacent to an activating group) is 1. The normalized spacial score (nSPS) is 15.6. The molecule has 4 aliphatic rings. The molecule has 0 unspecified atom stereocenters. The van der Waals surface area contributed by atoms with E-state index < -0.39 is 0 Å². The molecule has 0 aliphatic carbocycles. The number of likely N-dealkylation sites (tertiary alicyclic amines) is 2. The second-order valence-corrected chi connectivity index (χ2v) is 32.5. The molecule has 0 saturated carbocycles. The van der Waals surface area contributed by atoms with Crippen LogP contribution >= 0.6 is 58.0 Å². The smallest absolute Gasteiger partial charge is 0.0716 e. The van der Waals surface area contributed by atoms with Gasteiger partial charge in [0.25, 0.3) is 0 Å². The highest BCUT2D eigenvalue weighted by Crippen LogP contribution is 2.34. The molecule has 10 aromatic heterocycles. The summed E-state index contributed by atoms with van der Waals surface area (Å²) in [7, 11) is 2.19. The Hall–Kier alpha value is -9.36. The molecular formula is C92H97Cl5N16O3. The number of fused-ring (bicyclic) bond motifs is 5. The van der Waals surface area contributed by atoms with Crippen LogP contribution in [0.1, 0.15) is 59.9 Å². The van der Waals surface area contributed by atoms with Gasteiger partial charge in [-0.25, -0.2) is 0 Å². The van der Waals surface area contributed by atoms with E-state index in [-0.39, 0.29) is 6.61 Å². The Labute approximate surface area is 702 Å². The number of nitrogens with one attached hydrogen (secondary N) is 1. The van der Waals surface area contributed by atoms with E-state index in [2.05, 4.69) is 141 Å². The molecule has 4 fully saturated rings. The molecule has 0 amide bonds. The van der Waals surface area contributed by atoms with Crippen LogP contribution in [0.2, 0.25) is 25.1 Å². The van der Waals surface area contributed by atoms with E-state index in [9.17, 15) is 10.2 Å². The number of aliphatic hydroxyl groups is 3. The predicted octanol–water partition coefficient (Wildman–Crippen LogP) is 17.8. The van der Waals surface area contributed by atoms with Crippen molar-refractivity contribution in [3.63, 3.8) is 0 Å². The SMILES string of the molecule is CN1CCN(Cc2cn(-c3ccc(Cl)cc3)c3cnccc23)CC1.Clc1ccc(-n2cc(CN3CCNCC3)c3ccncc32)cc1.OCC1CCN(Cc2cn(-c3ccc(Cl)cc3)c3cnccc23)CC1.OCCC1CCN(Cc2cn(-c3ccc(Cl)cc3)c3cnccc23)CC1.OCc1cn(-c2ccc(Cl)cc2)c2cnccc12. The quantitative estimate of drug-likeness (QED) is 0.0677. The monoisotopic (exact) mass is 1650 g/mol. The maximum Gasteiger partial charge on any atom is 0.0716 e. The topological polar surface area (TPSA) is 178 Å². The lowest BCUT2D eigenvalue weighted by molar-refractivity contribution is 0.127. The molecule has 19 rings (SSSR count). The van der Waals surface area contributed by atoms with Gasteiger partial charge in [0.1, 0.15) is 0 Å². The Balaban J connectivity index is 0.000000114. The molecule has 15 aromatic rings. The third-order valence-electron chi connectivity index (χ3n) is 22.7. The van der Waals surface area contributed by atoms with Gasteiger partial charge in [-0.05, 0) is 251 Å². The summed E-state index contributed by atoms with van der Waals surface area (Å²) in [6.45, 7) is 17.6. The molecule has 0 atom stereocenters. The summed E-state index contributed by atoms with van der Waals surface area (Å²) < 4.78 is 10.8. The Morgan fingerprint density at radius 2 is 0.578 bits per heavy atom. The van der Waals surface area contributed by atoms with Crippen molar-refractivity contribution in [2.24, 2.45) is 11.8 Å². The Bertz CT molecular complexity index is 5670. The number of piperidine rings is 2. The van der Waals surface area contributed by atoms with Crippen molar-refractivity contribution in [3.05, 3.63) is 298 Å². The van der Waals surface area contributed by atoms with Crippen molar-refractivity contribution >= 4 is 113 Å². The number of benzene rings is 5. The molecule has 0 radical (unpaired) electrons. The average Bonchev–Trinajstić information content (AvgIpc) is 1.64. The van der Waals surface area contributed by atoms with E-state index in [4.69, 9.17) is 63.1 Å². The van der Waals surface area contributed by atoms with Crippen molar-refractivity contribution < 1.29 is 15.3 Å². The van der Waals surface area contributed by atoms with Crippen LogP contribution in [-0.2, 0) is 32.8 Å². The van der Waals surface area contributed by atoms with Crippen LogP contribution in [0.4, 0.5) is 0 Å². The van der Waals surface area contributed by atoms with Gasteiger partial charge in [-0.15, -0.1) is 0 Å². The summed E-state index contributed by atoms with van der Waals surface area (Å²) in [4.78, 5) is 33.8. The number of nitrogens with zero attached hydrogens (tertiary/aromatic N) is 15. The van der Waals surface area contributed by atoms with Gasteiger partial charge in [0.05, 0.1) is 65.2 Å². The van der Waals surface area contributed by atoms with E-state index in [1.807, 2.05) is 176 Å². The summed E-state index contributed by atoms with van der Waals surface area (Å²) in [6.07, 6.45) is 35.0. The highest BCUT2D eigenvalue weighted by molar-refractivity contribution is 6.31. The fourth-order valence-corrected chi connectivity index (χ4v) is 16.8. The van der Waals surface area contributed by atoms with Gasteiger partial charge in [0.2, 0.25) is 0 Å². The lowest BCUT2D eigenvalue weighted by Crippen LogP contribution is -2.43. The van der Waals surface area contributed by atoms with E-state index in [0.29, 0.717) is 30.1 Å². The van der Waals surface area contributed by atoms with Gasteiger partial charge in [-0.1, -0.05) is 58.0 Å². The molecule has 0 spiro atoms. The van der Waals surface area contributed by atoms with Gasteiger partial charge < -0.3 is 48.4 Å². The van der Waals surface area contributed by atoms with Crippen molar-refractivity contribution in [1.82, 2.24) is 77.6 Å². The van der Waals surface area contributed by atoms with Crippen LogP contribution < -0.4 is 5.32 Å². The standard InChI is InChI=1S/C21H24ClN3O.C20H22ClN3O.C19H21ClN4.C18H19ClN4.C14H11ClN2O/c22-18-1-3-19(4-2-18)25-15-17(20-5-9-23-13-21(20)25)14-24-10-6-16(7-11-24)8-12-26;21-17-1-3-18(4-2-17)24-13-16(19-5-8-22-11-20(19)24)12-23-9-6-15(14-25)7-10-23;1-22-8-10-23(11-9-22)13-15-14-24(17-4-2-16(20)3-5-17)19-12-21-7-6-18(15)19;19-15-1-3-16(4-2-15)23-13-14(12-22-9-7-20-8-10-22)17-5-6-21-11-18(17)23;15-11-1-3-12(4-2-11)17-8-10(9-18)13-5-6-16-7-14(13)17/h1-5,9,13,15-16,26H,6-8,10-12,14H2;1-5,8,11,13,15,25H,6-7,9-10,12,14H2;2-7,12,14H,8-11,13H2,1H3;1-6,11,13,20H,7-10,12H2;1-8,18H,9H2. The number of hydrogen-bond donors (Lipinski definition) is 4. The van der Waals surface area contributed by atoms with E-state index in [0.717, 1.165) is 211 Å². The van der Waals surface area contributed by atoms with Crippen LogP contribution in [0, 0.1) is 11.8 Å². The van der Waals surface area contributed by atoms with Crippen LogP contribution in [0.3, 0.4) is 0 Å². The second kappa shape index (κ2) is 39.3. The van der Waals surface area contributed by atoms with Crippen molar-refractivity contribution in [1.29, 1.82) is 0 Å². The summed E-state index contributed by atoms with van der Waals surface area (Å²) in [5.74, 6) is 1.15. The van der Waals surface area contributed by atoms with Crippen LogP contribution in [0.5, 0.6) is 0 Å². The maximum absolute atomic E-state index is 9.39. The molecule has 24 heteroatoms. The number of halogens is 5. The van der Waals surface area contributed by atoms with E-state index >= 15 is 0 Å². The van der Waals surface area contributed by atoms with Crippen molar-refractivity contribution in [3.8, 4) is 28.4 Å². The van der Waals surface area contributed by atoms with Gasteiger partial charge in [0.15, 0.2) is 0 Å². The van der Waals surface area contributed by atoms with Crippen LogP contribution in [0.25, 0.3) is 83.0 Å². The van der Waals surface area contributed by atoms with E-state index in [1.54, 1.807) is 12.4 Å². The van der Waals surface area contributed by atoms with Gasteiger partial charge in [-0.2, -0.15) is 0 Å². The first kappa shape index (κ1) is 81.8. The fraction of sp³-hybridized carbons (Fsp3) is 0.293. The van der Waals surface area contributed by atoms with Crippen LogP contribution in [-0.4, -0.2) is 186 Å². The number of pyridine rings is 5. The lowest BCUT2D eigenvalue weighted by atomic mass is 9.94. The number of aliphatic hydroxyl groups excluding tert-OH is 3. The molecule has 598 valence electrons. The summed E-state index contributed by atoms with van der Waals surface area (Å²) in [6, 6.07) is 49.6. The average molecular weight is 1650 g/mol. The first-order valence-electron chi connectivity index (χ1n) is 39.9. The Morgan fingerprint density at radius 3 is 0.853 bits per heavy atom. The molecule has 19 nitrogen and oxygen atoms in total. The molecule has 5 aromatic carbocycles. The summed E-state index contributed by atoms with van der Waals surface area (Å²) in [5.41, 5.74) is 17.1. The highest BCUT2D eigenvalue weighted by atomic mass is 35.5. The second-order valence-electron chi connectivity index (χ2n) is 30.4. The first-order chi connectivity index (χ1) is 56.8.